The summed E-state index contributed by atoms with van der Waals surface area (Å²) >= 11 is 9.68. The molecule has 3 rings (SSSR count). The Morgan fingerprint density at radius 3 is 2.72 bits per heavy atom. The second-order valence-electron chi connectivity index (χ2n) is 4.24. The number of hydrogen-bond acceptors (Lipinski definition) is 0. The lowest BCUT2D eigenvalue weighted by Crippen LogP contribution is -1.98. The minimum Gasteiger partial charge on any atom is -0.343 e. The Balaban J connectivity index is 2.01. The van der Waals surface area contributed by atoms with E-state index in [1.807, 2.05) is 12.1 Å². The molecule has 0 amide bonds. The number of halogens is 2. The van der Waals surface area contributed by atoms with E-state index in [1.54, 1.807) is 0 Å². The Morgan fingerprint density at radius 2 is 1.89 bits per heavy atom. The maximum Gasteiger partial charge on any atom is 0.0490 e. The largest absolute Gasteiger partial charge is 0.343 e. The Kier molecular flexibility index (Phi) is 3.14. The van der Waals surface area contributed by atoms with Crippen LogP contribution in [0.1, 0.15) is 5.56 Å². The number of rotatable bonds is 2. The number of fused-ring (bicyclic) bond motifs is 1. The molecule has 0 spiro atoms. The highest BCUT2D eigenvalue weighted by molar-refractivity contribution is 9.10. The van der Waals surface area contributed by atoms with Crippen molar-refractivity contribution in [1.29, 1.82) is 0 Å². The maximum atomic E-state index is 6.25. The van der Waals surface area contributed by atoms with E-state index in [0.29, 0.717) is 0 Å². The molecule has 0 radical (unpaired) electrons. The van der Waals surface area contributed by atoms with Crippen molar-refractivity contribution in [2.75, 3.05) is 0 Å². The molecule has 18 heavy (non-hydrogen) atoms. The molecule has 90 valence electrons. The fourth-order valence-corrected chi connectivity index (χ4v) is 2.85. The molecular weight excluding hydrogens is 310 g/mol. The fraction of sp³-hybridized carbons (Fsp3) is 0.0667. The van der Waals surface area contributed by atoms with Crippen LogP contribution < -0.4 is 0 Å². The van der Waals surface area contributed by atoms with Crippen LogP contribution in [-0.4, -0.2) is 4.57 Å². The van der Waals surface area contributed by atoms with E-state index in [2.05, 4.69) is 63.1 Å². The topological polar surface area (TPSA) is 4.93 Å². The molecule has 0 unspecified atom stereocenters. The SMILES string of the molecule is Clc1cc(Br)ccc1Cn1ccc2ccccc21. The smallest absolute Gasteiger partial charge is 0.0490 e. The van der Waals surface area contributed by atoms with E-state index >= 15 is 0 Å². The van der Waals surface area contributed by atoms with E-state index in [-0.39, 0.29) is 0 Å². The van der Waals surface area contributed by atoms with Crippen LogP contribution >= 0.6 is 27.5 Å². The molecule has 0 aliphatic rings. The highest BCUT2D eigenvalue weighted by Crippen LogP contribution is 2.24. The monoisotopic (exact) mass is 319 g/mol. The highest BCUT2D eigenvalue weighted by Gasteiger charge is 2.04. The molecule has 0 atom stereocenters. The molecular formula is C15H11BrClN. The van der Waals surface area contributed by atoms with Gasteiger partial charge in [-0.1, -0.05) is 51.8 Å². The van der Waals surface area contributed by atoms with Gasteiger partial charge in [-0.3, -0.25) is 0 Å². The van der Waals surface area contributed by atoms with Crippen molar-refractivity contribution in [1.82, 2.24) is 4.57 Å². The molecule has 0 saturated heterocycles. The van der Waals surface area contributed by atoms with Crippen LogP contribution in [0.4, 0.5) is 0 Å². The zero-order valence-electron chi connectivity index (χ0n) is 9.61. The van der Waals surface area contributed by atoms with Crippen molar-refractivity contribution >= 4 is 38.4 Å². The van der Waals surface area contributed by atoms with Crippen LogP contribution in [0.2, 0.25) is 5.02 Å². The lowest BCUT2D eigenvalue weighted by atomic mass is 10.2. The number of aromatic nitrogens is 1. The van der Waals surface area contributed by atoms with Crippen molar-refractivity contribution in [3.05, 3.63) is 69.8 Å². The van der Waals surface area contributed by atoms with E-state index in [9.17, 15) is 0 Å². The Hall–Kier alpha value is -1.25. The first kappa shape index (κ1) is 11.8. The molecule has 0 bridgehead atoms. The molecule has 0 saturated carbocycles. The summed E-state index contributed by atoms with van der Waals surface area (Å²) in [6, 6.07) is 16.5. The summed E-state index contributed by atoms with van der Waals surface area (Å²) in [5.41, 5.74) is 2.36. The summed E-state index contributed by atoms with van der Waals surface area (Å²) in [5, 5.41) is 2.05. The standard InChI is InChI=1S/C15H11BrClN/c16-13-6-5-12(14(17)9-13)10-18-8-7-11-3-1-2-4-15(11)18/h1-9H,10H2. The van der Waals surface area contributed by atoms with Crippen molar-refractivity contribution in [3.8, 4) is 0 Å². The fourth-order valence-electron chi connectivity index (χ4n) is 2.11. The van der Waals surface area contributed by atoms with Crippen LogP contribution in [0.25, 0.3) is 10.9 Å². The van der Waals surface area contributed by atoms with Crippen LogP contribution in [-0.2, 0) is 6.54 Å². The number of hydrogen-bond donors (Lipinski definition) is 0. The van der Waals surface area contributed by atoms with Crippen LogP contribution in [0, 0.1) is 0 Å². The Morgan fingerprint density at radius 1 is 1.06 bits per heavy atom. The molecule has 0 fully saturated rings. The summed E-state index contributed by atoms with van der Waals surface area (Å²) in [6.07, 6.45) is 2.10. The zero-order chi connectivity index (χ0) is 12.5. The van der Waals surface area contributed by atoms with Crippen LogP contribution in [0.15, 0.2) is 59.2 Å². The van der Waals surface area contributed by atoms with Gasteiger partial charge in [0.15, 0.2) is 0 Å². The zero-order valence-corrected chi connectivity index (χ0v) is 11.9. The van der Waals surface area contributed by atoms with Gasteiger partial charge in [-0.05, 0) is 35.2 Å². The highest BCUT2D eigenvalue weighted by atomic mass is 79.9. The maximum absolute atomic E-state index is 6.25. The second kappa shape index (κ2) is 4.79. The van der Waals surface area contributed by atoms with Gasteiger partial charge in [-0.25, -0.2) is 0 Å². The number of para-hydroxylation sites is 1. The van der Waals surface area contributed by atoms with Gasteiger partial charge in [0.25, 0.3) is 0 Å². The lowest BCUT2D eigenvalue weighted by Gasteiger charge is -2.08. The van der Waals surface area contributed by atoms with Gasteiger partial charge < -0.3 is 4.57 Å². The van der Waals surface area contributed by atoms with Gasteiger partial charge in [-0.2, -0.15) is 0 Å². The molecule has 0 N–H and O–H groups in total. The van der Waals surface area contributed by atoms with Crippen LogP contribution in [0.5, 0.6) is 0 Å². The molecule has 3 heteroatoms. The first-order chi connectivity index (χ1) is 8.74. The van der Waals surface area contributed by atoms with Crippen molar-refractivity contribution < 1.29 is 0 Å². The first-order valence-corrected chi connectivity index (χ1v) is 6.89. The van der Waals surface area contributed by atoms with Crippen LogP contribution in [0.3, 0.4) is 0 Å². The Bertz CT molecular complexity index is 703. The predicted octanol–water partition coefficient (Wildman–Crippen LogP) is 5.11. The van der Waals surface area contributed by atoms with Crippen molar-refractivity contribution in [2.24, 2.45) is 0 Å². The molecule has 1 nitrogen and oxygen atoms in total. The average Bonchev–Trinajstić information content (AvgIpc) is 2.76. The van der Waals surface area contributed by atoms with Gasteiger partial charge in [0.1, 0.15) is 0 Å². The van der Waals surface area contributed by atoms with Crippen molar-refractivity contribution in [2.45, 2.75) is 6.54 Å². The summed E-state index contributed by atoms with van der Waals surface area (Å²) < 4.78 is 3.22. The van der Waals surface area contributed by atoms with Gasteiger partial charge in [0.2, 0.25) is 0 Å². The summed E-state index contributed by atoms with van der Waals surface area (Å²) in [5.74, 6) is 0. The van der Waals surface area contributed by atoms with Gasteiger partial charge in [-0.15, -0.1) is 0 Å². The minimum atomic E-state index is 0.791. The molecule has 3 aromatic rings. The van der Waals surface area contributed by atoms with E-state index < -0.39 is 0 Å². The molecule has 1 aromatic heterocycles. The normalized spacial score (nSPS) is 11.0. The van der Waals surface area contributed by atoms with Crippen molar-refractivity contribution in [3.63, 3.8) is 0 Å². The Labute approximate surface area is 119 Å². The first-order valence-electron chi connectivity index (χ1n) is 5.72. The van der Waals surface area contributed by atoms with E-state index in [0.717, 1.165) is 21.6 Å². The third-order valence-electron chi connectivity index (χ3n) is 3.04. The summed E-state index contributed by atoms with van der Waals surface area (Å²) in [7, 11) is 0. The summed E-state index contributed by atoms with van der Waals surface area (Å²) in [6.45, 7) is 0.791. The minimum absolute atomic E-state index is 0.791. The molecule has 0 aliphatic heterocycles. The van der Waals surface area contributed by atoms with Gasteiger partial charge in [0, 0.05) is 27.8 Å². The molecule has 2 aromatic carbocycles. The van der Waals surface area contributed by atoms with E-state index in [1.165, 1.54) is 10.9 Å². The average molecular weight is 321 g/mol. The summed E-state index contributed by atoms with van der Waals surface area (Å²) in [4.78, 5) is 0. The quantitative estimate of drug-likeness (QED) is 0.618. The third-order valence-corrected chi connectivity index (χ3v) is 3.88. The number of benzene rings is 2. The second-order valence-corrected chi connectivity index (χ2v) is 5.56. The predicted molar refractivity (Wildman–Crippen MR) is 80.2 cm³/mol. The van der Waals surface area contributed by atoms with Gasteiger partial charge >= 0.3 is 0 Å². The molecule has 1 heterocycles. The number of nitrogens with zero attached hydrogens (tertiary/aromatic N) is 1. The molecule has 0 aliphatic carbocycles. The lowest BCUT2D eigenvalue weighted by molar-refractivity contribution is 0.837. The van der Waals surface area contributed by atoms with E-state index in [4.69, 9.17) is 11.6 Å². The third kappa shape index (κ3) is 2.18. The van der Waals surface area contributed by atoms with Gasteiger partial charge in [0.05, 0.1) is 0 Å².